The molecule has 1 unspecified atom stereocenters. The van der Waals surface area contributed by atoms with E-state index in [0.717, 1.165) is 29.5 Å². The molecule has 4 N–H and O–H groups in total. The second-order valence-electron chi connectivity index (χ2n) is 7.91. The van der Waals surface area contributed by atoms with Crippen molar-refractivity contribution in [2.45, 2.75) is 18.8 Å². The molecular formula is C24H30FN4O3PS. The number of hydrogen-bond acceptors (Lipinski definition) is 6. The molecule has 0 spiro atoms. The van der Waals surface area contributed by atoms with E-state index in [0.29, 0.717) is 41.5 Å². The third-order valence-corrected chi connectivity index (χ3v) is 6.55. The minimum absolute atomic E-state index is 0. The molecule has 1 aromatic heterocycles. The molecule has 0 radical (unpaired) electrons. The summed E-state index contributed by atoms with van der Waals surface area (Å²) in [6.45, 7) is 1.01. The van der Waals surface area contributed by atoms with E-state index < -0.39 is 0 Å². The summed E-state index contributed by atoms with van der Waals surface area (Å²) in [4.78, 5) is 24.4. The Morgan fingerprint density at radius 3 is 2.53 bits per heavy atom. The third kappa shape index (κ3) is 5.37. The lowest BCUT2D eigenvalue weighted by Gasteiger charge is -2.24. The lowest BCUT2D eigenvalue weighted by molar-refractivity contribution is -0.119. The van der Waals surface area contributed by atoms with Gasteiger partial charge in [0.2, 0.25) is 5.91 Å². The summed E-state index contributed by atoms with van der Waals surface area (Å²) in [5, 5.41) is 6.24. The van der Waals surface area contributed by atoms with E-state index in [9.17, 15) is 14.0 Å². The van der Waals surface area contributed by atoms with Gasteiger partial charge < -0.3 is 25.1 Å². The smallest absolute Gasteiger partial charge is 0.255 e. The zero-order valence-corrected chi connectivity index (χ0v) is 21.6. The number of hydrogen-bond donors (Lipinski definition) is 3. The van der Waals surface area contributed by atoms with Crippen LogP contribution in [-0.4, -0.2) is 44.8 Å². The van der Waals surface area contributed by atoms with Gasteiger partial charge in [-0.2, -0.15) is 9.90 Å². The summed E-state index contributed by atoms with van der Waals surface area (Å²) < 4.78 is 21.8. The standard InChI is InChI=1S/C24H27FN4O3S.H3P/c1-27-24(31)22-18-11-17(14-3-4-14)19(29(33-2)10-9-28-21(30)13-26)12-20(18)32-23(22)15-5-7-16(25)8-6-15;/h5-8,11-12,14H,3-4,9-10,13,26H2,1-2H3,(H,27,31)(H,28,30);1H3. The van der Waals surface area contributed by atoms with Gasteiger partial charge in [-0.25, -0.2) is 4.39 Å². The number of amides is 2. The maximum Gasteiger partial charge on any atom is 0.255 e. The largest absolute Gasteiger partial charge is 0.455 e. The number of benzene rings is 2. The lowest BCUT2D eigenvalue weighted by atomic mass is 10.0. The second-order valence-corrected chi connectivity index (χ2v) is 8.72. The van der Waals surface area contributed by atoms with E-state index in [-0.39, 0.29) is 34.1 Å². The number of nitrogens with one attached hydrogen (secondary N) is 2. The van der Waals surface area contributed by atoms with E-state index in [2.05, 4.69) is 14.9 Å². The zero-order valence-electron chi connectivity index (χ0n) is 19.3. The minimum Gasteiger partial charge on any atom is -0.455 e. The minimum atomic E-state index is -0.355. The molecule has 0 bridgehead atoms. The van der Waals surface area contributed by atoms with Crippen LogP contribution in [0.2, 0.25) is 0 Å². The number of fused-ring (bicyclic) bond motifs is 1. The van der Waals surface area contributed by atoms with Gasteiger partial charge in [-0.05, 0) is 54.7 Å². The second kappa shape index (κ2) is 11.2. The molecule has 0 aliphatic heterocycles. The summed E-state index contributed by atoms with van der Waals surface area (Å²) >= 11 is 1.56. The first-order chi connectivity index (χ1) is 16.0. The number of carbonyl (C=O) groups is 2. The highest BCUT2D eigenvalue weighted by atomic mass is 32.2. The van der Waals surface area contributed by atoms with Crippen LogP contribution in [0, 0.1) is 5.82 Å². The molecule has 0 saturated heterocycles. The molecule has 1 fully saturated rings. The maximum atomic E-state index is 13.5. The highest BCUT2D eigenvalue weighted by Gasteiger charge is 2.31. The van der Waals surface area contributed by atoms with Crippen molar-refractivity contribution in [2.75, 3.05) is 37.2 Å². The van der Waals surface area contributed by atoms with Crippen molar-refractivity contribution in [2.24, 2.45) is 5.73 Å². The fraction of sp³-hybridized carbons (Fsp3) is 0.333. The van der Waals surface area contributed by atoms with Gasteiger partial charge in [-0.3, -0.25) is 9.59 Å². The first-order valence-corrected chi connectivity index (χ1v) is 12.0. The van der Waals surface area contributed by atoms with Gasteiger partial charge in [-0.1, -0.05) is 11.9 Å². The fourth-order valence-corrected chi connectivity index (χ4v) is 4.55. The molecule has 182 valence electrons. The molecule has 1 saturated carbocycles. The summed E-state index contributed by atoms with van der Waals surface area (Å²) in [6.07, 6.45) is 4.15. The van der Waals surface area contributed by atoms with Gasteiger partial charge in [0.1, 0.15) is 17.2 Å². The number of anilines is 1. The Balaban J connectivity index is 0.00000324. The average molecular weight is 505 g/mol. The molecule has 1 heterocycles. The third-order valence-electron chi connectivity index (χ3n) is 5.73. The Bertz CT molecular complexity index is 1180. The van der Waals surface area contributed by atoms with Crippen LogP contribution in [-0.2, 0) is 4.79 Å². The van der Waals surface area contributed by atoms with Gasteiger partial charge in [0, 0.05) is 43.4 Å². The van der Waals surface area contributed by atoms with E-state index in [1.807, 2.05) is 18.4 Å². The first kappa shape index (κ1) is 26.0. The Morgan fingerprint density at radius 1 is 1.24 bits per heavy atom. The maximum absolute atomic E-state index is 13.5. The van der Waals surface area contributed by atoms with E-state index in [1.54, 1.807) is 31.1 Å². The van der Waals surface area contributed by atoms with Crippen LogP contribution >= 0.6 is 21.8 Å². The molecule has 1 aliphatic carbocycles. The Hall–Kier alpha value is -2.61. The van der Waals surface area contributed by atoms with Crippen LogP contribution in [0.25, 0.3) is 22.3 Å². The quantitative estimate of drug-likeness (QED) is 0.304. The number of rotatable bonds is 9. The number of carbonyl (C=O) groups excluding carboxylic acids is 2. The van der Waals surface area contributed by atoms with Crippen LogP contribution in [0.3, 0.4) is 0 Å². The molecule has 2 amide bonds. The SMILES string of the molecule is CNC(=O)c1c(-c2ccc(F)cc2)oc2cc(N(CCNC(=O)CN)SC)c(C3CC3)cc12.P. The van der Waals surface area contributed by atoms with E-state index >= 15 is 0 Å². The van der Waals surface area contributed by atoms with Crippen molar-refractivity contribution in [3.05, 3.63) is 53.3 Å². The van der Waals surface area contributed by atoms with Crippen molar-refractivity contribution in [3.63, 3.8) is 0 Å². The molecule has 1 aliphatic rings. The topological polar surface area (TPSA) is 101 Å². The molecule has 3 aromatic rings. The van der Waals surface area contributed by atoms with E-state index in [1.165, 1.54) is 12.1 Å². The molecule has 2 aromatic carbocycles. The highest BCUT2D eigenvalue weighted by molar-refractivity contribution is 7.99. The number of furan rings is 1. The summed E-state index contributed by atoms with van der Waals surface area (Å²) in [5.41, 5.74) is 9.19. The monoisotopic (exact) mass is 504 g/mol. The van der Waals surface area contributed by atoms with Gasteiger partial charge in [-0.15, -0.1) is 0 Å². The number of nitrogens with two attached hydrogens (primary N) is 1. The highest BCUT2D eigenvalue weighted by Crippen LogP contribution is 2.48. The number of nitrogens with zero attached hydrogens (tertiary/aromatic N) is 1. The Morgan fingerprint density at radius 2 is 1.94 bits per heavy atom. The van der Waals surface area contributed by atoms with E-state index in [4.69, 9.17) is 10.2 Å². The fourth-order valence-electron chi connectivity index (χ4n) is 3.92. The van der Waals surface area contributed by atoms with Crippen molar-refractivity contribution >= 4 is 50.3 Å². The predicted molar refractivity (Wildman–Crippen MR) is 141 cm³/mol. The van der Waals surface area contributed by atoms with Crippen molar-refractivity contribution < 1.29 is 18.4 Å². The van der Waals surface area contributed by atoms with Crippen LogP contribution in [0.15, 0.2) is 40.8 Å². The average Bonchev–Trinajstić information content (AvgIpc) is 3.61. The Labute approximate surface area is 205 Å². The molecule has 1 atom stereocenters. The Kier molecular flexibility index (Phi) is 8.57. The lowest BCUT2D eigenvalue weighted by Crippen LogP contribution is -2.35. The summed E-state index contributed by atoms with van der Waals surface area (Å²) in [5.74, 6) is 0.0217. The predicted octanol–water partition coefficient (Wildman–Crippen LogP) is 3.69. The van der Waals surface area contributed by atoms with Gasteiger partial charge in [0.15, 0.2) is 0 Å². The summed E-state index contributed by atoms with van der Waals surface area (Å²) in [7, 11) is 1.58. The number of halogens is 1. The van der Waals surface area contributed by atoms with Crippen molar-refractivity contribution in [1.29, 1.82) is 0 Å². The van der Waals surface area contributed by atoms with Crippen molar-refractivity contribution in [3.8, 4) is 11.3 Å². The van der Waals surface area contributed by atoms with Gasteiger partial charge in [0.05, 0.1) is 17.8 Å². The molecule has 34 heavy (non-hydrogen) atoms. The first-order valence-electron chi connectivity index (χ1n) is 10.8. The van der Waals surface area contributed by atoms with Crippen LogP contribution in [0.1, 0.15) is 34.7 Å². The summed E-state index contributed by atoms with van der Waals surface area (Å²) in [6, 6.07) is 9.92. The van der Waals surface area contributed by atoms with Gasteiger partial charge in [0.25, 0.3) is 5.91 Å². The van der Waals surface area contributed by atoms with Crippen LogP contribution in [0.4, 0.5) is 10.1 Å². The van der Waals surface area contributed by atoms with Crippen LogP contribution in [0.5, 0.6) is 0 Å². The molecule has 7 nitrogen and oxygen atoms in total. The molecule has 10 heteroatoms. The van der Waals surface area contributed by atoms with Crippen molar-refractivity contribution in [1.82, 2.24) is 10.6 Å². The molecular weight excluding hydrogens is 474 g/mol. The normalized spacial score (nSPS) is 12.8. The zero-order chi connectivity index (χ0) is 23.5. The molecule has 4 rings (SSSR count). The van der Waals surface area contributed by atoms with Crippen LogP contribution < -0.4 is 20.7 Å². The van der Waals surface area contributed by atoms with Gasteiger partial charge >= 0.3 is 0 Å².